The highest BCUT2D eigenvalue weighted by atomic mass is 32.2. The van der Waals surface area contributed by atoms with Crippen LogP contribution in [0.15, 0.2) is 19.6 Å². The first kappa shape index (κ1) is 9.56. The van der Waals surface area contributed by atoms with E-state index in [-0.39, 0.29) is 5.69 Å². The summed E-state index contributed by atoms with van der Waals surface area (Å²) in [5, 5.41) is 17.6. The lowest BCUT2D eigenvalue weighted by Crippen LogP contribution is -1.95. The van der Waals surface area contributed by atoms with Crippen molar-refractivity contribution in [2.24, 2.45) is 0 Å². The van der Waals surface area contributed by atoms with Gasteiger partial charge in [0.25, 0.3) is 0 Å². The molecule has 2 heterocycles. The van der Waals surface area contributed by atoms with E-state index in [1.165, 1.54) is 39.8 Å². The van der Waals surface area contributed by atoms with Crippen LogP contribution >= 0.6 is 34.4 Å². The van der Waals surface area contributed by atoms with Gasteiger partial charge in [-0.1, -0.05) is 11.3 Å². The Bertz CT molecular complexity index is 439. The van der Waals surface area contributed by atoms with Gasteiger partial charge < -0.3 is 5.11 Å². The van der Waals surface area contributed by atoms with E-state index >= 15 is 0 Å². The Hall–Kier alpha value is -0.990. The summed E-state index contributed by atoms with van der Waals surface area (Å²) in [6.45, 7) is 0. The quantitative estimate of drug-likeness (QED) is 0.889. The summed E-state index contributed by atoms with van der Waals surface area (Å²) in [5.74, 6) is -1.01. The van der Waals surface area contributed by atoms with Crippen LogP contribution in [0.1, 0.15) is 10.5 Å². The van der Waals surface area contributed by atoms with Crippen molar-refractivity contribution in [1.82, 2.24) is 15.2 Å². The van der Waals surface area contributed by atoms with Gasteiger partial charge in [0.1, 0.15) is 5.51 Å². The second-order valence-corrected chi connectivity index (χ2v) is 5.30. The fourth-order valence-corrected chi connectivity index (χ4v) is 3.15. The molecule has 0 aliphatic carbocycles. The highest BCUT2D eigenvalue weighted by molar-refractivity contribution is 8.02. The number of aromatic carboxylic acids is 1. The molecule has 72 valence electrons. The Morgan fingerprint density at radius 3 is 2.86 bits per heavy atom. The van der Waals surface area contributed by atoms with Gasteiger partial charge in [-0.25, -0.2) is 9.78 Å². The minimum atomic E-state index is -1.01. The molecule has 14 heavy (non-hydrogen) atoms. The molecule has 0 atom stereocenters. The summed E-state index contributed by atoms with van der Waals surface area (Å²) in [5.41, 5.74) is 1.69. The molecule has 0 amide bonds. The molecule has 0 aromatic carbocycles. The molecule has 0 unspecified atom stereocenters. The van der Waals surface area contributed by atoms with Crippen LogP contribution in [0.25, 0.3) is 0 Å². The molecule has 0 aliphatic heterocycles. The molecule has 0 radical (unpaired) electrons. The number of hydrogen-bond acceptors (Lipinski definition) is 7. The molecule has 0 spiro atoms. The van der Waals surface area contributed by atoms with Crippen LogP contribution in [-0.2, 0) is 0 Å². The zero-order valence-electron chi connectivity index (χ0n) is 6.58. The minimum Gasteiger partial charge on any atom is -0.476 e. The van der Waals surface area contributed by atoms with Crippen LogP contribution in [0.2, 0.25) is 0 Å². The van der Waals surface area contributed by atoms with E-state index in [1.807, 2.05) is 0 Å². The minimum absolute atomic E-state index is 0.0713. The number of thiazole rings is 1. The Morgan fingerprint density at radius 2 is 2.29 bits per heavy atom. The summed E-state index contributed by atoms with van der Waals surface area (Å²) in [7, 11) is 0. The number of rotatable bonds is 3. The third-order valence-electron chi connectivity index (χ3n) is 1.22. The van der Waals surface area contributed by atoms with Crippen LogP contribution in [0, 0.1) is 0 Å². The van der Waals surface area contributed by atoms with Crippen LogP contribution < -0.4 is 0 Å². The first-order chi connectivity index (χ1) is 6.75. The highest BCUT2D eigenvalue weighted by Gasteiger charge is 2.10. The Labute approximate surface area is 90.8 Å². The van der Waals surface area contributed by atoms with E-state index in [9.17, 15) is 4.79 Å². The maximum absolute atomic E-state index is 10.5. The number of carbonyl (C=O) groups is 1. The molecule has 0 saturated carbocycles. The zero-order chi connectivity index (χ0) is 9.97. The molecule has 8 heteroatoms. The van der Waals surface area contributed by atoms with Gasteiger partial charge >= 0.3 is 5.97 Å². The molecule has 0 aliphatic rings. The normalized spacial score (nSPS) is 10.3. The first-order valence-electron chi connectivity index (χ1n) is 3.38. The third-order valence-corrected chi connectivity index (χ3v) is 3.93. The maximum atomic E-state index is 10.5. The van der Waals surface area contributed by atoms with Crippen LogP contribution in [0.5, 0.6) is 0 Å². The predicted octanol–water partition coefficient (Wildman–Crippen LogP) is 1.84. The number of carboxylic acid groups (broad SMARTS) is 1. The predicted molar refractivity (Wildman–Crippen MR) is 53.1 cm³/mol. The van der Waals surface area contributed by atoms with Crippen molar-refractivity contribution in [3.05, 3.63) is 16.6 Å². The summed E-state index contributed by atoms with van der Waals surface area (Å²) in [4.78, 5) is 14.4. The molecule has 0 saturated heterocycles. The number of aromatic nitrogens is 3. The summed E-state index contributed by atoms with van der Waals surface area (Å²) in [6.07, 6.45) is 0. The lowest BCUT2D eigenvalue weighted by molar-refractivity contribution is 0.0691. The maximum Gasteiger partial charge on any atom is 0.355 e. The third kappa shape index (κ3) is 2.08. The number of carboxylic acids is 1. The lowest BCUT2D eigenvalue weighted by atomic mass is 10.5. The Morgan fingerprint density at radius 1 is 1.43 bits per heavy atom. The molecule has 2 aromatic heterocycles. The van der Waals surface area contributed by atoms with Crippen molar-refractivity contribution < 1.29 is 9.90 Å². The van der Waals surface area contributed by atoms with E-state index in [1.54, 1.807) is 5.51 Å². The van der Waals surface area contributed by atoms with Gasteiger partial charge in [0.15, 0.2) is 14.4 Å². The van der Waals surface area contributed by atoms with Crippen LogP contribution in [0.4, 0.5) is 0 Å². The van der Waals surface area contributed by atoms with Gasteiger partial charge in [-0.15, -0.1) is 21.5 Å². The van der Waals surface area contributed by atoms with E-state index in [2.05, 4.69) is 15.2 Å². The van der Waals surface area contributed by atoms with Crippen LogP contribution in [-0.4, -0.2) is 26.3 Å². The molecule has 2 rings (SSSR count). The van der Waals surface area contributed by atoms with Gasteiger partial charge in [-0.2, -0.15) is 0 Å². The summed E-state index contributed by atoms with van der Waals surface area (Å²) >= 11 is 4.00. The average Bonchev–Trinajstić information content (AvgIpc) is 2.75. The largest absolute Gasteiger partial charge is 0.476 e. The van der Waals surface area contributed by atoms with E-state index < -0.39 is 5.97 Å². The van der Waals surface area contributed by atoms with Crippen molar-refractivity contribution in [2.75, 3.05) is 0 Å². The van der Waals surface area contributed by atoms with Crippen LogP contribution in [0.3, 0.4) is 0 Å². The van der Waals surface area contributed by atoms with Crippen molar-refractivity contribution in [3.8, 4) is 0 Å². The zero-order valence-corrected chi connectivity index (χ0v) is 9.03. The smallest absolute Gasteiger partial charge is 0.355 e. The second kappa shape index (κ2) is 4.03. The number of nitrogens with zero attached hydrogens (tertiary/aromatic N) is 3. The van der Waals surface area contributed by atoms with E-state index in [0.29, 0.717) is 4.34 Å². The van der Waals surface area contributed by atoms with Crippen molar-refractivity contribution >= 4 is 40.4 Å². The standard InChI is InChI=1S/C6H3N3O2S3/c10-4(11)3-1-12-5(8-3)14-6-9-7-2-13-6/h1-2H,(H,10,11). The van der Waals surface area contributed by atoms with Gasteiger partial charge in [-0.05, 0) is 11.8 Å². The monoisotopic (exact) mass is 245 g/mol. The van der Waals surface area contributed by atoms with Gasteiger partial charge in [0, 0.05) is 5.38 Å². The SMILES string of the molecule is O=C(O)c1csc(Sc2nncs2)n1. The molecular formula is C6H3N3O2S3. The second-order valence-electron chi connectivity index (χ2n) is 2.11. The Balaban J connectivity index is 2.14. The summed E-state index contributed by atoms with van der Waals surface area (Å²) < 4.78 is 1.43. The fourth-order valence-electron chi connectivity index (χ4n) is 0.684. The lowest BCUT2D eigenvalue weighted by Gasteiger charge is -1.87. The summed E-state index contributed by atoms with van der Waals surface area (Å²) in [6, 6.07) is 0. The van der Waals surface area contributed by atoms with E-state index in [4.69, 9.17) is 5.11 Å². The van der Waals surface area contributed by atoms with Gasteiger partial charge in [0.05, 0.1) is 0 Å². The molecule has 0 bridgehead atoms. The number of hydrogen-bond donors (Lipinski definition) is 1. The van der Waals surface area contributed by atoms with E-state index in [0.717, 1.165) is 4.34 Å². The molecule has 1 N–H and O–H groups in total. The molecular weight excluding hydrogens is 242 g/mol. The van der Waals surface area contributed by atoms with Gasteiger partial charge in [0.2, 0.25) is 0 Å². The Kier molecular flexibility index (Phi) is 2.75. The topological polar surface area (TPSA) is 76.0 Å². The fraction of sp³-hybridized carbons (Fsp3) is 0. The molecule has 0 fully saturated rings. The molecule has 2 aromatic rings. The highest BCUT2D eigenvalue weighted by Crippen LogP contribution is 2.30. The van der Waals surface area contributed by atoms with Crippen molar-refractivity contribution in [3.63, 3.8) is 0 Å². The van der Waals surface area contributed by atoms with Crippen molar-refractivity contribution in [1.29, 1.82) is 0 Å². The van der Waals surface area contributed by atoms with Gasteiger partial charge in [-0.3, -0.25) is 0 Å². The first-order valence-corrected chi connectivity index (χ1v) is 5.96. The molecule has 5 nitrogen and oxygen atoms in total. The van der Waals surface area contributed by atoms with Crippen molar-refractivity contribution in [2.45, 2.75) is 8.68 Å². The average molecular weight is 245 g/mol.